The van der Waals surface area contributed by atoms with Crippen LogP contribution in [-0.2, 0) is 16.0 Å². The van der Waals surface area contributed by atoms with Crippen LogP contribution < -0.4 is 5.43 Å². The minimum atomic E-state index is -0.480. The van der Waals surface area contributed by atoms with Gasteiger partial charge in [0.2, 0.25) is 5.43 Å². The Morgan fingerprint density at radius 3 is 2.57 bits per heavy atom. The molecule has 6 heteroatoms. The minimum Gasteiger partial charge on any atom is -0.466 e. The molecule has 2 aromatic rings. The molecule has 1 heterocycles. The lowest BCUT2D eigenvalue weighted by Crippen LogP contribution is -2.23. The van der Waals surface area contributed by atoms with Crippen LogP contribution in [0.3, 0.4) is 0 Å². The number of nitrogens with zero attached hydrogens (tertiary/aromatic N) is 2. The molecule has 0 atom stereocenters. The number of benzene rings is 1. The Kier molecular flexibility index (Phi) is 4.93. The molecule has 0 aliphatic rings. The van der Waals surface area contributed by atoms with Crippen LogP contribution in [0.2, 0.25) is 0 Å². The van der Waals surface area contributed by atoms with Crippen molar-refractivity contribution in [1.29, 1.82) is 0 Å². The second kappa shape index (κ2) is 6.73. The lowest BCUT2D eigenvalue weighted by molar-refractivity contribution is -0.142. The van der Waals surface area contributed by atoms with Gasteiger partial charge in [-0.1, -0.05) is 6.07 Å². The third-order valence-electron chi connectivity index (χ3n) is 3.49. The van der Waals surface area contributed by atoms with Crippen LogP contribution in [0, 0.1) is 0 Å². The minimum absolute atomic E-state index is 0.0266. The number of hydrogen-bond acceptors (Lipinski definition) is 5. The highest BCUT2D eigenvalue weighted by Crippen LogP contribution is 2.17. The van der Waals surface area contributed by atoms with E-state index in [0.717, 1.165) is 0 Å². The van der Waals surface area contributed by atoms with Crippen molar-refractivity contribution < 1.29 is 14.3 Å². The second-order valence-electron chi connectivity index (χ2n) is 5.58. The average molecular weight is 316 g/mol. The number of aromatic nitrogens is 2. The first-order valence-corrected chi connectivity index (χ1v) is 7.57. The van der Waals surface area contributed by atoms with E-state index in [1.54, 1.807) is 29.8 Å². The topological polar surface area (TPSA) is 78.3 Å². The molecule has 0 aliphatic heterocycles. The van der Waals surface area contributed by atoms with E-state index in [1.807, 2.05) is 13.8 Å². The smallest absolute Gasteiger partial charge is 0.312 e. The molecular formula is C17H20N2O4. The van der Waals surface area contributed by atoms with Gasteiger partial charge in [-0.25, -0.2) is 0 Å². The van der Waals surface area contributed by atoms with Crippen molar-refractivity contribution in [2.24, 2.45) is 0 Å². The summed E-state index contributed by atoms with van der Waals surface area (Å²) < 4.78 is 6.56. The van der Waals surface area contributed by atoms with Crippen LogP contribution in [0.4, 0.5) is 0 Å². The van der Waals surface area contributed by atoms with Gasteiger partial charge in [-0.05, 0) is 39.8 Å². The third kappa shape index (κ3) is 3.47. The van der Waals surface area contributed by atoms with Crippen LogP contribution in [0.15, 0.2) is 23.0 Å². The molecule has 0 unspecified atom stereocenters. The Balaban J connectivity index is 2.67. The van der Waals surface area contributed by atoms with Crippen molar-refractivity contribution in [1.82, 2.24) is 9.78 Å². The first kappa shape index (κ1) is 16.9. The van der Waals surface area contributed by atoms with E-state index in [9.17, 15) is 14.4 Å². The zero-order chi connectivity index (χ0) is 17.1. The van der Waals surface area contributed by atoms with Gasteiger partial charge >= 0.3 is 5.97 Å². The van der Waals surface area contributed by atoms with Crippen molar-refractivity contribution in [2.45, 2.75) is 40.2 Å². The first-order chi connectivity index (χ1) is 10.8. The number of ketones is 1. The number of fused-ring (bicyclic) bond motifs is 1. The predicted octanol–water partition coefficient (Wildman–Crippen LogP) is 2.29. The summed E-state index contributed by atoms with van der Waals surface area (Å²) in [6.45, 7) is 7.28. The molecule has 0 N–H and O–H groups in total. The molecule has 0 bridgehead atoms. The summed E-state index contributed by atoms with van der Waals surface area (Å²) in [6, 6.07) is 4.87. The van der Waals surface area contributed by atoms with Crippen molar-refractivity contribution in [3.05, 3.63) is 39.7 Å². The highest BCUT2D eigenvalue weighted by molar-refractivity contribution is 5.97. The van der Waals surface area contributed by atoms with E-state index in [-0.39, 0.29) is 36.0 Å². The van der Waals surface area contributed by atoms with Gasteiger partial charge in [-0.3, -0.25) is 19.1 Å². The van der Waals surface area contributed by atoms with Gasteiger partial charge in [0.1, 0.15) is 5.69 Å². The van der Waals surface area contributed by atoms with Gasteiger partial charge < -0.3 is 4.74 Å². The second-order valence-corrected chi connectivity index (χ2v) is 5.58. The summed E-state index contributed by atoms with van der Waals surface area (Å²) in [5.74, 6) is -0.558. The molecule has 1 aromatic carbocycles. The Labute approximate surface area is 134 Å². The molecule has 0 radical (unpaired) electrons. The molecule has 0 spiro atoms. The lowest BCUT2D eigenvalue weighted by atomic mass is 10.1. The van der Waals surface area contributed by atoms with Gasteiger partial charge in [0.25, 0.3) is 0 Å². The SMILES string of the molecule is CCOC(=O)Cc1nn(C(C)C)c2cc(C(C)=O)ccc2c1=O. The largest absolute Gasteiger partial charge is 0.466 e. The van der Waals surface area contributed by atoms with Crippen LogP contribution >= 0.6 is 0 Å². The molecule has 0 amide bonds. The summed E-state index contributed by atoms with van der Waals surface area (Å²) in [6.07, 6.45) is -0.163. The monoisotopic (exact) mass is 316 g/mol. The Bertz CT molecular complexity index is 821. The van der Waals surface area contributed by atoms with Crippen molar-refractivity contribution in [3.63, 3.8) is 0 Å². The molecule has 0 saturated carbocycles. The summed E-state index contributed by atoms with van der Waals surface area (Å²) in [5, 5.41) is 4.76. The molecule has 23 heavy (non-hydrogen) atoms. The fourth-order valence-corrected chi connectivity index (χ4v) is 2.37. The number of carbonyl (C=O) groups is 2. The standard InChI is InChI=1S/C17H20N2O4/c1-5-23-16(21)9-14-17(22)13-7-6-12(11(4)20)8-15(13)19(18-14)10(2)3/h6-8,10H,5,9H2,1-4H3. The lowest BCUT2D eigenvalue weighted by Gasteiger charge is -2.15. The molecule has 122 valence electrons. The van der Waals surface area contributed by atoms with Gasteiger partial charge in [-0.2, -0.15) is 5.10 Å². The predicted molar refractivity (Wildman–Crippen MR) is 86.7 cm³/mol. The van der Waals surface area contributed by atoms with Gasteiger partial charge in [0.05, 0.1) is 18.5 Å². The maximum Gasteiger partial charge on any atom is 0.312 e. The number of rotatable bonds is 5. The molecule has 6 nitrogen and oxygen atoms in total. The maximum absolute atomic E-state index is 12.6. The normalized spacial score (nSPS) is 11.0. The van der Waals surface area contributed by atoms with Gasteiger partial charge in [0.15, 0.2) is 5.78 Å². The van der Waals surface area contributed by atoms with Crippen LogP contribution in [0.5, 0.6) is 0 Å². The summed E-state index contributed by atoms with van der Waals surface area (Å²) in [4.78, 5) is 35.8. The van der Waals surface area contributed by atoms with Crippen LogP contribution in [-0.4, -0.2) is 28.1 Å². The number of ether oxygens (including phenoxy) is 1. The first-order valence-electron chi connectivity index (χ1n) is 7.57. The zero-order valence-corrected chi connectivity index (χ0v) is 13.8. The van der Waals surface area contributed by atoms with E-state index < -0.39 is 5.97 Å². The Hall–Kier alpha value is -2.50. The number of hydrogen-bond donors (Lipinski definition) is 0. The number of carbonyl (C=O) groups excluding carboxylic acids is 2. The highest BCUT2D eigenvalue weighted by Gasteiger charge is 2.17. The van der Waals surface area contributed by atoms with E-state index in [2.05, 4.69) is 5.10 Å². The average Bonchev–Trinajstić information content (AvgIpc) is 2.49. The van der Waals surface area contributed by atoms with E-state index in [1.165, 1.54) is 6.92 Å². The highest BCUT2D eigenvalue weighted by atomic mass is 16.5. The molecule has 0 saturated heterocycles. The molecule has 1 aromatic heterocycles. The van der Waals surface area contributed by atoms with E-state index >= 15 is 0 Å². The number of esters is 1. The van der Waals surface area contributed by atoms with Gasteiger partial charge in [-0.15, -0.1) is 0 Å². The fourth-order valence-electron chi connectivity index (χ4n) is 2.37. The third-order valence-corrected chi connectivity index (χ3v) is 3.49. The van der Waals surface area contributed by atoms with Crippen LogP contribution in [0.25, 0.3) is 10.9 Å². The summed E-state index contributed by atoms with van der Waals surface area (Å²) >= 11 is 0. The van der Waals surface area contributed by atoms with Crippen molar-refractivity contribution in [2.75, 3.05) is 6.61 Å². The Morgan fingerprint density at radius 1 is 1.30 bits per heavy atom. The van der Waals surface area contributed by atoms with Crippen LogP contribution in [0.1, 0.15) is 49.8 Å². The van der Waals surface area contributed by atoms with E-state index in [4.69, 9.17) is 4.74 Å². The number of Topliss-reactive ketones (excluding diaryl/α,β-unsaturated/α-hetero) is 1. The maximum atomic E-state index is 12.6. The molecular weight excluding hydrogens is 296 g/mol. The van der Waals surface area contributed by atoms with Crippen molar-refractivity contribution in [3.8, 4) is 0 Å². The molecule has 2 rings (SSSR count). The fraction of sp³-hybridized carbons (Fsp3) is 0.412. The van der Waals surface area contributed by atoms with Crippen molar-refractivity contribution >= 4 is 22.7 Å². The molecule has 0 fully saturated rings. The Morgan fingerprint density at radius 2 is 2.00 bits per heavy atom. The van der Waals surface area contributed by atoms with Gasteiger partial charge in [0, 0.05) is 17.0 Å². The summed E-state index contributed by atoms with van der Waals surface area (Å²) in [7, 11) is 0. The zero-order valence-electron chi connectivity index (χ0n) is 13.8. The summed E-state index contributed by atoms with van der Waals surface area (Å²) in [5.41, 5.74) is 0.955. The quantitative estimate of drug-likeness (QED) is 0.624. The van der Waals surface area contributed by atoms with E-state index in [0.29, 0.717) is 16.5 Å². The molecule has 0 aliphatic carbocycles.